The third kappa shape index (κ3) is 5.08. The average molecular weight is 478 g/mol. The molecular formula is C23H26O11. The van der Waals surface area contributed by atoms with Gasteiger partial charge in [0.05, 0.1) is 26.4 Å². The third-order valence-corrected chi connectivity index (χ3v) is 5.31. The van der Waals surface area contributed by atoms with Crippen molar-refractivity contribution in [1.29, 1.82) is 0 Å². The predicted octanol–water partition coefficient (Wildman–Crippen LogP) is 0.190. The van der Waals surface area contributed by atoms with Gasteiger partial charge in [0.2, 0.25) is 12.0 Å². The van der Waals surface area contributed by atoms with Crippen LogP contribution in [0.3, 0.4) is 0 Å². The van der Waals surface area contributed by atoms with Crippen LogP contribution in [-0.2, 0) is 4.74 Å². The van der Waals surface area contributed by atoms with E-state index in [0.29, 0.717) is 17.1 Å². The van der Waals surface area contributed by atoms with Crippen LogP contribution < -0.4 is 14.2 Å². The fourth-order valence-electron chi connectivity index (χ4n) is 3.36. The molecule has 1 aliphatic rings. The van der Waals surface area contributed by atoms with E-state index in [1.165, 1.54) is 32.4 Å². The standard InChI is InChI=1S/C23H26O11/c1-31-14-7-4-11(9-16(14)32-2)3-6-13(25)12-5-8-15(19(27)18(12)26)33-23-22(30)21(29)20(28)17(10-24)34-23/h3-9,17,20-24,26-30H,10H2,1-2H3/b6-3+/t17-,20-,21-,22-,23-/m1/s1. The Balaban J connectivity index is 1.77. The van der Waals surface area contributed by atoms with Gasteiger partial charge in [0.1, 0.15) is 24.4 Å². The summed E-state index contributed by atoms with van der Waals surface area (Å²) >= 11 is 0. The Morgan fingerprint density at radius 3 is 2.26 bits per heavy atom. The Morgan fingerprint density at radius 1 is 0.941 bits per heavy atom. The van der Waals surface area contributed by atoms with Crippen molar-refractivity contribution in [1.82, 2.24) is 0 Å². The summed E-state index contributed by atoms with van der Waals surface area (Å²) in [5, 5.41) is 59.6. The van der Waals surface area contributed by atoms with E-state index < -0.39 is 54.6 Å². The average Bonchev–Trinajstić information content (AvgIpc) is 2.85. The lowest BCUT2D eigenvalue weighted by Crippen LogP contribution is -2.60. The smallest absolute Gasteiger partial charge is 0.229 e. The zero-order chi connectivity index (χ0) is 25.0. The topological polar surface area (TPSA) is 175 Å². The Hall–Kier alpha value is -3.35. The van der Waals surface area contributed by atoms with Crippen molar-refractivity contribution in [2.45, 2.75) is 30.7 Å². The number of aliphatic hydroxyl groups excluding tert-OH is 4. The van der Waals surface area contributed by atoms with E-state index in [1.807, 2.05) is 0 Å². The van der Waals surface area contributed by atoms with E-state index in [1.54, 1.807) is 18.2 Å². The fraction of sp³-hybridized carbons (Fsp3) is 0.348. The molecule has 0 bridgehead atoms. The number of ketones is 1. The van der Waals surface area contributed by atoms with Gasteiger partial charge in [-0.15, -0.1) is 0 Å². The fourth-order valence-corrected chi connectivity index (χ4v) is 3.36. The van der Waals surface area contributed by atoms with Gasteiger partial charge < -0.3 is 49.6 Å². The van der Waals surface area contributed by atoms with E-state index in [-0.39, 0.29) is 11.3 Å². The van der Waals surface area contributed by atoms with Crippen LogP contribution in [0.1, 0.15) is 15.9 Å². The van der Waals surface area contributed by atoms with Crippen molar-refractivity contribution in [2.24, 2.45) is 0 Å². The van der Waals surface area contributed by atoms with E-state index in [2.05, 4.69) is 0 Å². The monoisotopic (exact) mass is 478 g/mol. The first-order chi connectivity index (χ1) is 16.2. The van der Waals surface area contributed by atoms with Crippen molar-refractivity contribution >= 4 is 11.9 Å². The number of allylic oxidation sites excluding steroid dienone is 1. The molecule has 0 unspecified atom stereocenters. The molecule has 184 valence electrons. The highest BCUT2D eigenvalue weighted by Crippen LogP contribution is 2.40. The molecule has 6 N–H and O–H groups in total. The van der Waals surface area contributed by atoms with Crippen LogP contribution in [0.25, 0.3) is 6.08 Å². The largest absolute Gasteiger partial charge is 0.504 e. The first-order valence-electron chi connectivity index (χ1n) is 10.2. The zero-order valence-corrected chi connectivity index (χ0v) is 18.4. The van der Waals surface area contributed by atoms with Gasteiger partial charge in [-0.25, -0.2) is 0 Å². The summed E-state index contributed by atoms with van der Waals surface area (Å²) in [5.74, 6) is -1.58. The van der Waals surface area contributed by atoms with Crippen LogP contribution in [-0.4, -0.2) is 88.0 Å². The number of ether oxygens (including phenoxy) is 4. The summed E-state index contributed by atoms with van der Waals surface area (Å²) < 4.78 is 20.9. The molecule has 1 fully saturated rings. The maximum absolute atomic E-state index is 12.6. The number of rotatable bonds is 8. The number of carbonyl (C=O) groups is 1. The van der Waals surface area contributed by atoms with Gasteiger partial charge in [-0.05, 0) is 35.9 Å². The van der Waals surface area contributed by atoms with Gasteiger partial charge in [0.15, 0.2) is 28.8 Å². The molecule has 34 heavy (non-hydrogen) atoms. The second-order valence-electron chi connectivity index (χ2n) is 7.44. The Labute approximate surface area is 194 Å². The van der Waals surface area contributed by atoms with Crippen LogP contribution in [0, 0.1) is 0 Å². The lowest BCUT2D eigenvalue weighted by Gasteiger charge is -2.39. The van der Waals surface area contributed by atoms with Gasteiger partial charge in [-0.1, -0.05) is 12.1 Å². The molecule has 0 aromatic heterocycles. The van der Waals surface area contributed by atoms with Crippen LogP contribution in [0.2, 0.25) is 0 Å². The molecule has 3 rings (SSSR count). The van der Waals surface area contributed by atoms with E-state index in [0.717, 1.165) is 6.07 Å². The first kappa shape index (κ1) is 25.3. The lowest BCUT2D eigenvalue weighted by atomic mass is 9.99. The number of hydrogen-bond acceptors (Lipinski definition) is 11. The molecule has 11 nitrogen and oxygen atoms in total. The minimum Gasteiger partial charge on any atom is -0.504 e. The maximum Gasteiger partial charge on any atom is 0.229 e. The number of aromatic hydroxyl groups is 2. The Bertz CT molecular complexity index is 1050. The van der Waals surface area contributed by atoms with Gasteiger partial charge in [-0.2, -0.15) is 0 Å². The quantitative estimate of drug-likeness (QED) is 0.173. The van der Waals surface area contributed by atoms with Crippen LogP contribution >= 0.6 is 0 Å². The first-order valence-corrected chi connectivity index (χ1v) is 10.2. The number of aliphatic hydroxyl groups is 4. The Kier molecular flexibility index (Phi) is 7.97. The van der Waals surface area contributed by atoms with Crippen LogP contribution in [0.15, 0.2) is 36.4 Å². The number of phenolic OH excluding ortho intramolecular Hbond substituents is 2. The summed E-state index contributed by atoms with van der Waals surface area (Å²) in [6, 6.07) is 7.36. The number of benzene rings is 2. The number of methoxy groups -OCH3 is 2. The van der Waals surface area contributed by atoms with Gasteiger partial charge in [-0.3, -0.25) is 4.79 Å². The van der Waals surface area contributed by atoms with E-state index >= 15 is 0 Å². The Morgan fingerprint density at radius 2 is 1.62 bits per heavy atom. The van der Waals surface area contributed by atoms with E-state index in [9.17, 15) is 35.4 Å². The lowest BCUT2D eigenvalue weighted by molar-refractivity contribution is -0.277. The number of phenols is 2. The maximum atomic E-state index is 12.6. The SMILES string of the molecule is COc1ccc(/C=C/C(=O)c2ccc(O[C@@H]3O[C@H](CO)[C@@H](O)[C@@H](O)[C@H]3O)c(O)c2O)cc1OC. The molecule has 1 saturated heterocycles. The number of carbonyl (C=O) groups excluding carboxylic acids is 1. The van der Waals surface area contributed by atoms with Crippen molar-refractivity contribution in [3.8, 4) is 28.7 Å². The highest BCUT2D eigenvalue weighted by molar-refractivity contribution is 6.09. The van der Waals surface area contributed by atoms with Gasteiger partial charge in [0.25, 0.3) is 0 Å². The molecule has 11 heteroatoms. The minimum absolute atomic E-state index is 0.227. The van der Waals surface area contributed by atoms with Crippen LogP contribution in [0.5, 0.6) is 28.7 Å². The van der Waals surface area contributed by atoms with Crippen molar-refractivity contribution in [3.05, 3.63) is 47.5 Å². The van der Waals surface area contributed by atoms with E-state index in [4.69, 9.17) is 18.9 Å². The van der Waals surface area contributed by atoms with Crippen molar-refractivity contribution in [3.63, 3.8) is 0 Å². The highest BCUT2D eigenvalue weighted by atomic mass is 16.7. The second kappa shape index (κ2) is 10.7. The molecule has 0 aliphatic carbocycles. The molecule has 0 radical (unpaired) electrons. The zero-order valence-electron chi connectivity index (χ0n) is 18.4. The van der Waals surface area contributed by atoms with Crippen LogP contribution in [0.4, 0.5) is 0 Å². The summed E-state index contributed by atoms with van der Waals surface area (Å²) in [5.41, 5.74) is 0.396. The predicted molar refractivity (Wildman–Crippen MR) is 117 cm³/mol. The molecule has 1 heterocycles. The van der Waals surface area contributed by atoms with Crippen molar-refractivity contribution in [2.75, 3.05) is 20.8 Å². The summed E-state index contributed by atoms with van der Waals surface area (Å²) in [7, 11) is 2.97. The summed E-state index contributed by atoms with van der Waals surface area (Å²) in [6.07, 6.45) is -5.11. The second-order valence-corrected chi connectivity index (χ2v) is 7.44. The molecule has 5 atom stereocenters. The van der Waals surface area contributed by atoms with Gasteiger partial charge >= 0.3 is 0 Å². The molecule has 1 aliphatic heterocycles. The molecule has 0 spiro atoms. The third-order valence-electron chi connectivity index (χ3n) is 5.31. The molecule has 2 aromatic rings. The normalized spacial score (nSPS) is 24.7. The molecular weight excluding hydrogens is 452 g/mol. The molecule has 0 amide bonds. The minimum atomic E-state index is -1.72. The van der Waals surface area contributed by atoms with Gasteiger partial charge in [0, 0.05) is 0 Å². The summed E-state index contributed by atoms with van der Waals surface area (Å²) in [4.78, 5) is 12.6. The summed E-state index contributed by atoms with van der Waals surface area (Å²) in [6.45, 7) is -0.665. The van der Waals surface area contributed by atoms with Crippen molar-refractivity contribution < 1.29 is 54.4 Å². The molecule has 0 saturated carbocycles. The molecule has 2 aromatic carbocycles. The highest BCUT2D eigenvalue weighted by Gasteiger charge is 2.45. The number of hydrogen-bond donors (Lipinski definition) is 6.